The zero-order chi connectivity index (χ0) is 13.8. The Hall–Kier alpha value is -0.710. The van der Waals surface area contributed by atoms with E-state index >= 15 is 0 Å². The molecule has 1 aliphatic heterocycles. The summed E-state index contributed by atoms with van der Waals surface area (Å²) in [6.45, 7) is 8.44. The van der Waals surface area contributed by atoms with Gasteiger partial charge < -0.3 is 10.1 Å². The van der Waals surface area contributed by atoms with E-state index in [1.165, 1.54) is 5.56 Å². The van der Waals surface area contributed by atoms with Crippen LogP contribution in [-0.2, 0) is 15.5 Å². The summed E-state index contributed by atoms with van der Waals surface area (Å²) in [5.41, 5.74) is 2.32. The number of benzene rings is 1. The van der Waals surface area contributed by atoms with Crippen LogP contribution < -0.4 is 5.32 Å². The van der Waals surface area contributed by atoms with E-state index in [1.54, 1.807) is 0 Å². The lowest BCUT2D eigenvalue weighted by molar-refractivity contribution is 0.0824. The molecule has 3 unspecified atom stereocenters. The second-order valence-electron chi connectivity index (χ2n) is 5.13. The van der Waals surface area contributed by atoms with Crippen LogP contribution in [0.25, 0.3) is 0 Å². The van der Waals surface area contributed by atoms with Crippen molar-refractivity contribution in [2.45, 2.75) is 43.4 Å². The molecule has 1 heterocycles. The van der Waals surface area contributed by atoms with Gasteiger partial charge in [-0.25, -0.2) is 0 Å². The summed E-state index contributed by atoms with van der Waals surface area (Å²) in [5.74, 6) is 0. The molecule has 0 spiro atoms. The van der Waals surface area contributed by atoms with E-state index in [2.05, 4.69) is 25.2 Å². The maximum absolute atomic E-state index is 12.8. The SMILES string of the molecule is CCNC1CCOCC1S(=O)c1ccc(C)cc1C. The van der Waals surface area contributed by atoms with Gasteiger partial charge in [0.15, 0.2) is 0 Å². The topological polar surface area (TPSA) is 38.3 Å². The maximum atomic E-state index is 12.8. The number of hydrogen-bond donors (Lipinski definition) is 1. The Kier molecular flexibility index (Phi) is 5.13. The first kappa shape index (κ1) is 14.7. The zero-order valence-electron chi connectivity index (χ0n) is 11.9. The number of aryl methyl sites for hydroxylation is 2. The lowest BCUT2D eigenvalue weighted by Crippen LogP contribution is -2.48. The predicted molar refractivity (Wildman–Crippen MR) is 79.0 cm³/mol. The molecule has 1 saturated heterocycles. The molecule has 0 saturated carbocycles. The second-order valence-corrected chi connectivity index (χ2v) is 6.77. The highest BCUT2D eigenvalue weighted by molar-refractivity contribution is 7.85. The molecule has 0 radical (unpaired) electrons. The third-order valence-electron chi connectivity index (χ3n) is 3.59. The summed E-state index contributed by atoms with van der Waals surface area (Å²) in [4.78, 5) is 0.948. The van der Waals surface area contributed by atoms with Crippen molar-refractivity contribution in [3.8, 4) is 0 Å². The van der Waals surface area contributed by atoms with Crippen molar-refractivity contribution in [2.75, 3.05) is 19.8 Å². The molecule has 2 rings (SSSR count). The Balaban J connectivity index is 2.21. The number of hydrogen-bond acceptors (Lipinski definition) is 3. The smallest absolute Gasteiger partial charge is 0.0782 e. The van der Waals surface area contributed by atoms with Crippen molar-refractivity contribution in [3.05, 3.63) is 29.3 Å². The highest BCUT2D eigenvalue weighted by Gasteiger charge is 2.31. The molecule has 1 aliphatic rings. The van der Waals surface area contributed by atoms with Crippen LogP contribution >= 0.6 is 0 Å². The fourth-order valence-electron chi connectivity index (χ4n) is 2.61. The second kappa shape index (κ2) is 6.64. The van der Waals surface area contributed by atoms with Crippen LogP contribution in [-0.4, -0.2) is 35.3 Å². The lowest BCUT2D eigenvalue weighted by atomic mass is 10.1. The van der Waals surface area contributed by atoms with Crippen LogP contribution in [0.4, 0.5) is 0 Å². The van der Waals surface area contributed by atoms with Crippen LogP contribution in [0.15, 0.2) is 23.1 Å². The Morgan fingerprint density at radius 1 is 1.42 bits per heavy atom. The molecule has 4 heteroatoms. The predicted octanol–water partition coefficient (Wildman–Crippen LogP) is 2.18. The summed E-state index contributed by atoms with van der Waals surface area (Å²) < 4.78 is 18.3. The van der Waals surface area contributed by atoms with Crippen molar-refractivity contribution >= 4 is 10.8 Å². The van der Waals surface area contributed by atoms with E-state index in [-0.39, 0.29) is 5.25 Å². The monoisotopic (exact) mass is 281 g/mol. The van der Waals surface area contributed by atoms with E-state index in [9.17, 15) is 4.21 Å². The average Bonchev–Trinajstić information content (AvgIpc) is 2.39. The van der Waals surface area contributed by atoms with E-state index < -0.39 is 10.8 Å². The van der Waals surface area contributed by atoms with Gasteiger partial charge in [0.25, 0.3) is 0 Å². The molecule has 0 aromatic heterocycles. The first-order valence-corrected chi connectivity index (χ1v) is 8.13. The maximum Gasteiger partial charge on any atom is 0.0782 e. The van der Waals surface area contributed by atoms with Gasteiger partial charge in [0.2, 0.25) is 0 Å². The number of rotatable bonds is 4. The van der Waals surface area contributed by atoms with Crippen molar-refractivity contribution in [1.29, 1.82) is 0 Å². The van der Waals surface area contributed by atoms with E-state index in [0.29, 0.717) is 12.6 Å². The molecule has 0 aliphatic carbocycles. The molecule has 19 heavy (non-hydrogen) atoms. The van der Waals surface area contributed by atoms with Gasteiger partial charge in [-0.15, -0.1) is 0 Å². The molecule has 0 bridgehead atoms. The Bertz CT molecular complexity index is 459. The minimum atomic E-state index is -1.01. The fourth-order valence-corrected chi connectivity index (χ4v) is 4.26. The third-order valence-corrected chi connectivity index (χ3v) is 5.50. The summed E-state index contributed by atoms with van der Waals surface area (Å²) in [7, 11) is -1.01. The van der Waals surface area contributed by atoms with Crippen LogP contribution in [0, 0.1) is 13.8 Å². The van der Waals surface area contributed by atoms with E-state index in [4.69, 9.17) is 4.74 Å². The standard InChI is InChI=1S/C15H23NO2S/c1-4-16-13-7-8-18-10-15(13)19(17)14-6-5-11(2)9-12(14)3/h5-6,9,13,15-16H,4,7-8,10H2,1-3H3. The largest absolute Gasteiger partial charge is 0.380 e. The average molecular weight is 281 g/mol. The Morgan fingerprint density at radius 3 is 2.89 bits per heavy atom. The third kappa shape index (κ3) is 3.44. The first-order valence-electron chi connectivity index (χ1n) is 6.92. The van der Waals surface area contributed by atoms with Crippen LogP contribution in [0.1, 0.15) is 24.5 Å². The van der Waals surface area contributed by atoms with Crippen molar-refractivity contribution in [3.63, 3.8) is 0 Å². The van der Waals surface area contributed by atoms with Gasteiger partial charge in [0.05, 0.1) is 22.7 Å². The van der Waals surface area contributed by atoms with Gasteiger partial charge in [-0.3, -0.25) is 4.21 Å². The molecular formula is C15H23NO2S. The van der Waals surface area contributed by atoms with Gasteiger partial charge >= 0.3 is 0 Å². The Labute approximate surface area is 118 Å². The molecule has 1 N–H and O–H groups in total. The fraction of sp³-hybridized carbons (Fsp3) is 0.600. The molecule has 0 amide bonds. The molecule has 1 aromatic carbocycles. The molecule has 1 fully saturated rings. The Morgan fingerprint density at radius 2 is 2.21 bits per heavy atom. The van der Waals surface area contributed by atoms with Crippen molar-refractivity contribution < 1.29 is 8.95 Å². The van der Waals surface area contributed by atoms with E-state index in [1.807, 2.05) is 19.1 Å². The molecular weight excluding hydrogens is 258 g/mol. The highest BCUT2D eigenvalue weighted by atomic mass is 32.2. The summed E-state index contributed by atoms with van der Waals surface area (Å²) >= 11 is 0. The zero-order valence-corrected chi connectivity index (χ0v) is 12.8. The molecule has 106 valence electrons. The van der Waals surface area contributed by atoms with Gasteiger partial charge in [-0.1, -0.05) is 24.6 Å². The minimum Gasteiger partial charge on any atom is -0.380 e. The van der Waals surface area contributed by atoms with Crippen LogP contribution in [0.2, 0.25) is 0 Å². The lowest BCUT2D eigenvalue weighted by Gasteiger charge is -2.31. The minimum absolute atomic E-state index is 0.0510. The summed E-state index contributed by atoms with van der Waals surface area (Å²) in [6, 6.07) is 6.42. The number of ether oxygens (including phenoxy) is 1. The van der Waals surface area contributed by atoms with Gasteiger partial charge in [0.1, 0.15) is 0 Å². The van der Waals surface area contributed by atoms with Crippen LogP contribution in [0.3, 0.4) is 0 Å². The van der Waals surface area contributed by atoms with E-state index in [0.717, 1.165) is 30.0 Å². The van der Waals surface area contributed by atoms with Gasteiger partial charge in [-0.2, -0.15) is 0 Å². The van der Waals surface area contributed by atoms with Crippen molar-refractivity contribution in [2.24, 2.45) is 0 Å². The van der Waals surface area contributed by atoms with Crippen LogP contribution in [0.5, 0.6) is 0 Å². The quantitative estimate of drug-likeness (QED) is 0.919. The first-order chi connectivity index (χ1) is 9.13. The summed E-state index contributed by atoms with van der Waals surface area (Å²) in [5, 5.41) is 3.49. The van der Waals surface area contributed by atoms with Gasteiger partial charge in [0, 0.05) is 17.5 Å². The molecule has 3 nitrogen and oxygen atoms in total. The summed E-state index contributed by atoms with van der Waals surface area (Å²) in [6.07, 6.45) is 0.940. The highest BCUT2D eigenvalue weighted by Crippen LogP contribution is 2.23. The number of nitrogens with one attached hydrogen (secondary N) is 1. The molecule has 1 aromatic rings. The van der Waals surface area contributed by atoms with Crippen molar-refractivity contribution in [1.82, 2.24) is 5.32 Å². The normalized spacial score (nSPS) is 25.2. The van der Waals surface area contributed by atoms with Gasteiger partial charge in [-0.05, 0) is 38.4 Å². The molecule has 3 atom stereocenters.